The van der Waals surface area contributed by atoms with E-state index in [9.17, 15) is 13.2 Å². The molecule has 1 aromatic heterocycles. The number of rotatable bonds is 6. The molecule has 0 N–H and O–H groups in total. The fourth-order valence-electron chi connectivity index (χ4n) is 4.08. The Balaban J connectivity index is 1.87. The summed E-state index contributed by atoms with van der Waals surface area (Å²) >= 11 is 5.96. The highest BCUT2D eigenvalue weighted by Crippen LogP contribution is 2.31. The molecule has 1 fully saturated rings. The fourth-order valence-corrected chi connectivity index (χ4v) is 6.07. The largest absolute Gasteiger partial charge is 0.461 e. The van der Waals surface area contributed by atoms with Gasteiger partial charge in [-0.25, -0.2) is 13.2 Å². The van der Waals surface area contributed by atoms with Gasteiger partial charge in [0.1, 0.15) is 10.6 Å². The zero-order valence-electron chi connectivity index (χ0n) is 17.8. The number of carbonyl (C=O) groups is 1. The van der Waals surface area contributed by atoms with Crippen molar-refractivity contribution >= 4 is 33.3 Å². The molecule has 1 aliphatic rings. The second kappa shape index (κ2) is 8.99. The highest BCUT2D eigenvalue weighted by atomic mass is 35.5. The molecule has 2 aromatic rings. The molecule has 0 radical (unpaired) electrons. The molecule has 164 valence electrons. The van der Waals surface area contributed by atoms with E-state index < -0.39 is 16.0 Å². The maximum absolute atomic E-state index is 13.5. The van der Waals surface area contributed by atoms with Crippen molar-refractivity contribution in [2.45, 2.75) is 39.1 Å². The van der Waals surface area contributed by atoms with E-state index in [0.29, 0.717) is 54.7 Å². The molecule has 0 spiro atoms. The fraction of sp³-hybridized carbons (Fsp3) is 0.476. The van der Waals surface area contributed by atoms with E-state index in [2.05, 4.69) is 4.90 Å². The number of halogens is 1. The van der Waals surface area contributed by atoms with Gasteiger partial charge in [-0.15, -0.1) is 0 Å². The third-order valence-electron chi connectivity index (χ3n) is 5.51. The van der Waals surface area contributed by atoms with Gasteiger partial charge in [0.15, 0.2) is 0 Å². The molecule has 7 nitrogen and oxygen atoms in total. The maximum Gasteiger partial charge on any atom is 0.355 e. The molecular weight excluding hydrogens is 426 g/mol. The van der Waals surface area contributed by atoms with E-state index in [1.165, 1.54) is 4.31 Å². The number of aromatic nitrogens is 1. The van der Waals surface area contributed by atoms with Crippen molar-refractivity contribution in [1.82, 2.24) is 8.87 Å². The highest BCUT2D eigenvalue weighted by Gasteiger charge is 2.35. The first-order valence-electron chi connectivity index (χ1n) is 10.1. The lowest BCUT2D eigenvalue weighted by Crippen LogP contribution is -2.48. The van der Waals surface area contributed by atoms with E-state index in [1.54, 1.807) is 25.3 Å². The Kier molecular flexibility index (Phi) is 6.79. The maximum atomic E-state index is 13.5. The third kappa shape index (κ3) is 4.08. The molecule has 0 aliphatic carbocycles. The van der Waals surface area contributed by atoms with Crippen molar-refractivity contribution in [3.63, 3.8) is 0 Å². The third-order valence-corrected chi connectivity index (χ3v) is 7.93. The quantitative estimate of drug-likeness (QED) is 0.626. The molecule has 0 atom stereocenters. The van der Waals surface area contributed by atoms with Crippen LogP contribution < -0.4 is 4.90 Å². The lowest BCUT2D eigenvalue weighted by atomic mass is 10.2. The van der Waals surface area contributed by atoms with E-state index in [4.69, 9.17) is 16.3 Å². The summed E-state index contributed by atoms with van der Waals surface area (Å²) in [5.41, 5.74) is 2.35. The number of ether oxygens (including phenoxy) is 1. The Labute approximate surface area is 183 Å². The minimum absolute atomic E-state index is 0.215. The minimum Gasteiger partial charge on any atom is -0.461 e. The molecule has 2 heterocycles. The average molecular weight is 454 g/mol. The van der Waals surface area contributed by atoms with Crippen LogP contribution in [0.1, 0.15) is 35.6 Å². The summed E-state index contributed by atoms with van der Waals surface area (Å²) in [4.78, 5) is 14.8. The predicted molar refractivity (Wildman–Crippen MR) is 118 cm³/mol. The standard InChI is InChI=1S/C21H28ClN3O4S/c1-5-25-16(4)20(15(3)19(25)21(26)29-6-2)30(27,28)24-13-11-23(12-14-24)18-9-7-17(22)8-10-18/h7-10H,5-6,11-14H2,1-4H3. The summed E-state index contributed by atoms with van der Waals surface area (Å²) in [5.74, 6) is -0.492. The van der Waals surface area contributed by atoms with Crippen LogP contribution in [0.4, 0.5) is 5.69 Å². The van der Waals surface area contributed by atoms with Crippen LogP contribution in [0.15, 0.2) is 29.2 Å². The number of anilines is 1. The summed E-state index contributed by atoms with van der Waals surface area (Å²) in [6.07, 6.45) is 0. The smallest absolute Gasteiger partial charge is 0.355 e. The van der Waals surface area contributed by atoms with Crippen LogP contribution in [0.5, 0.6) is 0 Å². The second-order valence-electron chi connectivity index (χ2n) is 7.22. The lowest BCUT2D eigenvalue weighted by Gasteiger charge is -2.35. The molecule has 1 aromatic carbocycles. The van der Waals surface area contributed by atoms with Crippen molar-refractivity contribution in [3.8, 4) is 0 Å². The van der Waals surface area contributed by atoms with Gasteiger partial charge in [0, 0.05) is 54.7 Å². The second-order valence-corrected chi connectivity index (χ2v) is 9.53. The van der Waals surface area contributed by atoms with Gasteiger partial charge >= 0.3 is 5.97 Å². The number of nitrogens with zero attached hydrogens (tertiary/aromatic N) is 3. The SMILES string of the molecule is CCOC(=O)c1c(C)c(S(=O)(=O)N2CCN(c3ccc(Cl)cc3)CC2)c(C)n1CC. The summed E-state index contributed by atoms with van der Waals surface area (Å²) in [6.45, 7) is 9.68. The lowest BCUT2D eigenvalue weighted by molar-refractivity contribution is 0.0512. The van der Waals surface area contributed by atoms with Crippen molar-refractivity contribution in [2.24, 2.45) is 0 Å². The number of hydrogen-bond acceptors (Lipinski definition) is 5. The van der Waals surface area contributed by atoms with Gasteiger partial charge in [0.2, 0.25) is 10.0 Å². The van der Waals surface area contributed by atoms with Crippen LogP contribution in [-0.2, 0) is 21.3 Å². The summed E-state index contributed by atoms with van der Waals surface area (Å²) in [6, 6.07) is 7.54. The molecule has 9 heteroatoms. The highest BCUT2D eigenvalue weighted by molar-refractivity contribution is 7.89. The Hall–Kier alpha value is -2.03. The Morgan fingerprint density at radius 3 is 2.20 bits per heavy atom. The Morgan fingerprint density at radius 1 is 1.07 bits per heavy atom. The van der Waals surface area contributed by atoms with Crippen LogP contribution in [0.2, 0.25) is 5.02 Å². The normalized spacial score (nSPS) is 15.4. The molecule has 3 rings (SSSR count). The number of hydrogen-bond donors (Lipinski definition) is 0. The van der Waals surface area contributed by atoms with Gasteiger partial charge in [0.25, 0.3) is 0 Å². The van der Waals surface area contributed by atoms with Gasteiger partial charge < -0.3 is 14.2 Å². The van der Waals surface area contributed by atoms with Crippen molar-refractivity contribution in [1.29, 1.82) is 0 Å². The first kappa shape index (κ1) is 22.7. The van der Waals surface area contributed by atoms with Crippen LogP contribution in [0.25, 0.3) is 0 Å². The van der Waals surface area contributed by atoms with Crippen molar-refractivity contribution in [3.05, 3.63) is 46.2 Å². The van der Waals surface area contributed by atoms with Gasteiger partial charge in [-0.05, 0) is 52.0 Å². The molecule has 0 saturated carbocycles. The Bertz CT molecular complexity index is 1020. The molecular formula is C21H28ClN3O4S. The molecule has 1 saturated heterocycles. The molecule has 0 amide bonds. The van der Waals surface area contributed by atoms with Gasteiger partial charge in [-0.2, -0.15) is 4.31 Å². The van der Waals surface area contributed by atoms with Crippen molar-refractivity contribution in [2.75, 3.05) is 37.7 Å². The number of piperazine rings is 1. The summed E-state index contributed by atoms with van der Waals surface area (Å²) in [7, 11) is -3.74. The number of benzene rings is 1. The topological polar surface area (TPSA) is 71.8 Å². The molecule has 0 unspecified atom stereocenters. The van der Waals surface area contributed by atoms with Crippen molar-refractivity contribution < 1.29 is 17.9 Å². The molecule has 1 aliphatic heterocycles. The zero-order valence-corrected chi connectivity index (χ0v) is 19.4. The molecule has 0 bridgehead atoms. The van der Waals surface area contributed by atoms with Crippen LogP contribution in [-0.4, -0.2) is 56.0 Å². The van der Waals surface area contributed by atoms with Crippen LogP contribution in [0, 0.1) is 13.8 Å². The number of carbonyl (C=O) groups excluding carboxylic acids is 1. The summed E-state index contributed by atoms with van der Waals surface area (Å²) < 4.78 is 35.4. The molecule has 30 heavy (non-hydrogen) atoms. The predicted octanol–water partition coefficient (Wildman–Crippen LogP) is 3.47. The van der Waals surface area contributed by atoms with Gasteiger partial charge in [-0.3, -0.25) is 0 Å². The zero-order chi connectivity index (χ0) is 22.1. The van der Waals surface area contributed by atoms with Crippen LogP contribution >= 0.6 is 11.6 Å². The van der Waals surface area contributed by atoms with Crippen LogP contribution in [0.3, 0.4) is 0 Å². The Morgan fingerprint density at radius 2 is 1.67 bits per heavy atom. The van der Waals surface area contributed by atoms with E-state index >= 15 is 0 Å². The monoisotopic (exact) mass is 453 g/mol. The first-order chi connectivity index (χ1) is 14.2. The van der Waals surface area contributed by atoms with Gasteiger partial charge in [-0.1, -0.05) is 11.6 Å². The average Bonchev–Trinajstić information content (AvgIpc) is 2.98. The first-order valence-corrected chi connectivity index (χ1v) is 11.9. The van der Waals surface area contributed by atoms with E-state index in [0.717, 1.165) is 5.69 Å². The van der Waals surface area contributed by atoms with E-state index in [1.807, 2.05) is 31.2 Å². The van der Waals surface area contributed by atoms with E-state index in [-0.39, 0.29) is 11.5 Å². The number of sulfonamides is 1. The summed E-state index contributed by atoms with van der Waals surface area (Å²) in [5, 5.41) is 0.670. The minimum atomic E-state index is -3.74. The number of esters is 1. The van der Waals surface area contributed by atoms with Gasteiger partial charge in [0.05, 0.1) is 6.61 Å².